The molecule has 1 saturated carbocycles. The number of hydrogen-bond acceptors (Lipinski definition) is 1. The Kier molecular flexibility index (Phi) is 4.16. The third-order valence-electron chi connectivity index (χ3n) is 5.63. The number of nitrogens with zero attached hydrogens (tertiary/aromatic N) is 1. The van der Waals surface area contributed by atoms with Crippen molar-refractivity contribution in [2.24, 2.45) is 0 Å². The zero-order chi connectivity index (χ0) is 17.3. The maximum Gasteiger partial charge on any atom is 0.233 e. The third kappa shape index (κ3) is 2.88. The van der Waals surface area contributed by atoms with Crippen molar-refractivity contribution in [3.8, 4) is 0 Å². The first kappa shape index (κ1) is 16.1. The lowest BCUT2D eigenvalue weighted by atomic mass is 9.63. The number of carbonyl (C=O) groups is 1. The molecule has 0 bridgehead atoms. The molecule has 3 heteroatoms. The summed E-state index contributed by atoms with van der Waals surface area (Å²) >= 11 is 0. The van der Waals surface area contributed by atoms with Gasteiger partial charge in [-0.05, 0) is 48.1 Å². The quantitative estimate of drug-likeness (QED) is 0.805. The Morgan fingerprint density at radius 2 is 1.84 bits per heavy atom. The summed E-state index contributed by atoms with van der Waals surface area (Å²) in [6.45, 7) is 1.37. The second kappa shape index (κ2) is 6.47. The summed E-state index contributed by atoms with van der Waals surface area (Å²) in [5, 5.41) is 0. The van der Waals surface area contributed by atoms with Crippen molar-refractivity contribution in [1.82, 2.24) is 4.90 Å². The summed E-state index contributed by atoms with van der Waals surface area (Å²) in [6, 6.07) is 16.9. The van der Waals surface area contributed by atoms with Crippen LogP contribution in [0.2, 0.25) is 0 Å². The fraction of sp³-hybridized carbons (Fsp3) is 0.318. The molecule has 4 rings (SSSR count). The summed E-state index contributed by atoms with van der Waals surface area (Å²) in [4.78, 5) is 15.2. The van der Waals surface area contributed by atoms with Crippen LogP contribution in [-0.2, 0) is 10.2 Å². The van der Waals surface area contributed by atoms with Gasteiger partial charge < -0.3 is 4.90 Å². The van der Waals surface area contributed by atoms with E-state index in [0.29, 0.717) is 6.54 Å². The van der Waals surface area contributed by atoms with Gasteiger partial charge in [0.2, 0.25) is 5.91 Å². The molecule has 2 aromatic carbocycles. The smallest absolute Gasteiger partial charge is 0.233 e. The van der Waals surface area contributed by atoms with E-state index in [4.69, 9.17) is 0 Å². The molecule has 1 fully saturated rings. The van der Waals surface area contributed by atoms with Crippen LogP contribution >= 0.6 is 0 Å². The highest BCUT2D eigenvalue weighted by molar-refractivity contribution is 5.90. The number of amides is 1. The maximum absolute atomic E-state index is 13.7. The van der Waals surface area contributed by atoms with E-state index < -0.39 is 5.41 Å². The summed E-state index contributed by atoms with van der Waals surface area (Å²) in [6.07, 6.45) is 5.70. The first-order valence-electron chi connectivity index (χ1n) is 8.99. The number of benzene rings is 2. The van der Waals surface area contributed by atoms with Crippen molar-refractivity contribution in [3.63, 3.8) is 0 Å². The minimum atomic E-state index is -0.514. The van der Waals surface area contributed by atoms with Gasteiger partial charge in [0.15, 0.2) is 0 Å². The minimum absolute atomic E-state index is 0.160. The zero-order valence-electron chi connectivity index (χ0n) is 14.2. The molecular formula is C22H22FNO. The Hall–Kier alpha value is -2.42. The van der Waals surface area contributed by atoms with Gasteiger partial charge in [0.25, 0.3) is 0 Å². The van der Waals surface area contributed by atoms with Crippen LogP contribution in [0.3, 0.4) is 0 Å². The largest absolute Gasteiger partial charge is 0.338 e. The minimum Gasteiger partial charge on any atom is -0.338 e. The summed E-state index contributed by atoms with van der Waals surface area (Å²) in [5.41, 5.74) is 2.86. The van der Waals surface area contributed by atoms with Gasteiger partial charge in [-0.25, -0.2) is 4.39 Å². The molecule has 0 unspecified atom stereocenters. The van der Waals surface area contributed by atoms with E-state index in [1.807, 2.05) is 29.2 Å². The van der Waals surface area contributed by atoms with Gasteiger partial charge in [0.05, 0.1) is 5.41 Å². The summed E-state index contributed by atoms with van der Waals surface area (Å²) in [5.74, 6) is -0.103. The standard InChI is InChI=1S/C22H22FNO/c23-20-9-4-8-19(16-20)22(12-5-13-22)21(25)24-14-10-18(11-15-24)17-6-2-1-3-7-17/h1-4,6-10,16H,5,11-15H2. The van der Waals surface area contributed by atoms with E-state index in [-0.39, 0.29) is 11.7 Å². The van der Waals surface area contributed by atoms with Gasteiger partial charge in [-0.3, -0.25) is 4.79 Å². The topological polar surface area (TPSA) is 20.3 Å². The molecule has 1 amide bonds. The number of halogens is 1. The van der Waals surface area contributed by atoms with Crippen LogP contribution in [0.25, 0.3) is 5.57 Å². The maximum atomic E-state index is 13.7. The first-order chi connectivity index (χ1) is 12.2. The van der Waals surface area contributed by atoms with E-state index in [0.717, 1.165) is 37.8 Å². The second-order valence-corrected chi connectivity index (χ2v) is 7.04. The van der Waals surface area contributed by atoms with Crippen molar-refractivity contribution in [2.45, 2.75) is 31.1 Å². The average Bonchev–Trinajstić information content (AvgIpc) is 2.62. The molecule has 0 atom stereocenters. The van der Waals surface area contributed by atoms with Crippen molar-refractivity contribution in [3.05, 3.63) is 77.6 Å². The number of rotatable bonds is 3. The third-order valence-corrected chi connectivity index (χ3v) is 5.63. The molecule has 1 heterocycles. The predicted molar refractivity (Wildman–Crippen MR) is 97.5 cm³/mol. The Morgan fingerprint density at radius 1 is 1.04 bits per heavy atom. The van der Waals surface area contributed by atoms with Crippen LogP contribution in [0.1, 0.15) is 36.8 Å². The zero-order valence-corrected chi connectivity index (χ0v) is 14.2. The van der Waals surface area contributed by atoms with E-state index in [1.54, 1.807) is 6.07 Å². The number of hydrogen-bond donors (Lipinski definition) is 0. The van der Waals surface area contributed by atoms with Crippen molar-refractivity contribution in [1.29, 1.82) is 0 Å². The van der Waals surface area contributed by atoms with Crippen LogP contribution in [0, 0.1) is 5.82 Å². The number of carbonyl (C=O) groups excluding carboxylic acids is 1. The molecular weight excluding hydrogens is 313 g/mol. The van der Waals surface area contributed by atoms with E-state index in [1.165, 1.54) is 23.3 Å². The second-order valence-electron chi connectivity index (χ2n) is 7.04. The molecule has 2 nitrogen and oxygen atoms in total. The Morgan fingerprint density at radius 3 is 2.44 bits per heavy atom. The SMILES string of the molecule is O=C(N1CC=C(c2ccccc2)CC1)C1(c2cccc(F)c2)CCC1. The lowest BCUT2D eigenvalue weighted by Crippen LogP contribution is -2.52. The van der Waals surface area contributed by atoms with Crippen molar-refractivity contribution >= 4 is 11.5 Å². The van der Waals surface area contributed by atoms with Crippen molar-refractivity contribution in [2.75, 3.05) is 13.1 Å². The molecule has 0 spiro atoms. The van der Waals surface area contributed by atoms with E-state index in [9.17, 15) is 9.18 Å². The molecule has 2 aromatic rings. The van der Waals surface area contributed by atoms with E-state index >= 15 is 0 Å². The molecule has 0 aromatic heterocycles. The van der Waals surface area contributed by atoms with Gasteiger partial charge >= 0.3 is 0 Å². The highest BCUT2D eigenvalue weighted by atomic mass is 19.1. The Balaban J connectivity index is 1.54. The molecule has 0 saturated heterocycles. The van der Waals surface area contributed by atoms with Gasteiger partial charge in [-0.15, -0.1) is 0 Å². The lowest BCUT2D eigenvalue weighted by molar-refractivity contribution is -0.140. The van der Waals surface area contributed by atoms with Gasteiger partial charge in [-0.2, -0.15) is 0 Å². The fourth-order valence-corrected chi connectivity index (χ4v) is 4.01. The fourth-order valence-electron chi connectivity index (χ4n) is 4.01. The van der Waals surface area contributed by atoms with Crippen LogP contribution in [0.5, 0.6) is 0 Å². The van der Waals surface area contributed by atoms with Crippen LogP contribution in [0.15, 0.2) is 60.7 Å². The summed E-state index contributed by atoms with van der Waals surface area (Å²) < 4.78 is 13.7. The predicted octanol–water partition coefficient (Wildman–Crippen LogP) is 4.56. The van der Waals surface area contributed by atoms with Crippen LogP contribution < -0.4 is 0 Å². The normalized spacial score (nSPS) is 19.1. The Bertz CT molecular complexity index is 808. The molecule has 128 valence electrons. The molecule has 0 N–H and O–H groups in total. The molecule has 0 radical (unpaired) electrons. The highest BCUT2D eigenvalue weighted by Gasteiger charge is 2.47. The van der Waals surface area contributed by atoms with Crippen LogP contribution in [0.4, 0.5) is 4.39 Å². The molecule has 1 aliphatic heterocycles. The van der Waals surface area contributed by atoms with Gasteiger partial charge in [0.1, 0.15) is 5.82 Å². The average molecular weight is 335 g/mol. The first-order valence-corrected chi connectivity index (χ1v) is 8.99. The highest BCUT2D eigenvalue weighted by Crippen LogP contribution is 2.45. The monoisotopic (exact) mass is 335 g/mol. The van der Waals surface area contributed by atoms with Gasteiger partial charge in [-0.1, -0.05) is 55.0 Å². The summed E-state index contributed by atoms with van der Waals surface area (Å²) in [7, 11) is 0. The molecule has 25 heavy (non-hydrogen) atoms. The Labute approximate surface area is 148 Å². The van der Waals surface area contributed by atoms with E-state index in [2.05, 4.69) is 18.2 Å². The molecule has 2 aliphatic rings. The van der Waals surface area contributed by atoms with Crippen molar-refractivity contribution < 1.29 is 9.18 Å². The van der Waals surface area contributed by atoms with Crippen LogP contribution in [-0.4, -0.2) is 23.9 Å². The lowest BCUT2D eigenvalue weighted by Gasteiger charge is -2.44. The molecule has 1 aliphatic carbocycles. The van der Waals surface area contributed by atoms with Gasteiger partial charge in [0, 0.05) is 13.1 Å².